The number of aryl methyl sites for hydroxylation is 4. The van der Waals surface area contributed by atoms with E-state index in [9.17, 15) is 18.0 Å². The van der Waals surface area contributed by atoms with Gasteiger partial charge < -0.3 is 16.2 Å². The van der Waals surface area contributed by atoms with E-state index in [2.05, 4.69) is 20.4 Å². The Labute approximate surface area is 181 Å². The zero-order chi connectivity index (χ0) is 24.2. The summed E-state index contributed by atoms with van der Waals surface area (Å²) in [4.78, 5) is 30.1. The van der Waals surface area contributed by atoms with Gasteiger partial charge in [0.25, 0.3) is 0 Å². The molecule has 32 heavy (non-hydrogen) atoms. The molecule has 0 aromatic carbocycles. The lowest BCUT2D eigenvalue weighted by Gasteiger charge is -2.11. The minimum Gasteiger partial charge on any atom is -0.475 e. The lowest BCUT2D eigenvalue weighted by atomic mass is 10.0. The van der Waals surface area contributed by atoms with E-state index < -0.39 is 12.1 Å². The highest BCUT2D eigenvalue weighted by atomic mass is 19.4. The molecule has 0 saturated heterocycles. The van der Waals surface area contributed by atoms with Crippen LogP contribution in [-0.2, 0) is 29.6 Å². The molecule has 3 heterocycles. The van der Waals surface area contributed by atoms with Crippen LogP contribution >= 0.6 is 0 Å². The molecule has 0 bridgehead atoms. The molecule has 9 nitrogen and oxygen atoms in total. The van der Waals surface area contributed by atoms with E-state index in [0.29, 0.717) is 12.2 Å². The number of nitrogens with zero attached hydrogens (tertiary/aromatic N) is 4. The second-order valence-corrected chi connectivity index (χ2v) is 7.05. The zero-order valence-electron chi connectivity index (χ0n) is 17.9. The summed E-state index contributed by atoms with van der Waals surface area (Å²) in [5, 5.41) is 15.5. The number of aromatic nitrogens is 4. The fraction of sp³-hybridized carbons (Fsp3) is 0.350. The Morgan fingerprint density at radius 2 is 1.84 bits per heavy atom. The van der Waals surface area contributed by atoms with E-state index >= 15 is 0 Å². The van der Waals surface area contributed by atoms with Gasteiger partial charge in [0.1, 0.15) is 0 Å². The van der Waals surface area contributed by atoms with Crippen LogP contribution < -0.4 is 11.1 Å². The van der Waals surface area contributed by atoms with Crippen LogP contribution in [0, 0.1) is 20.8 Å². The van der Waals surface area contributed by atoms with Gasteiger partial charge in [-0.05, 0) is 44.0 Å². The van der Waals surface area contributed by atoms with Crippen LogP contribution in [0.1, 0.15) is 28.2 Å². The fourth-order valence-corrected chi connectivity index (χ4v) is 3.13. The smallest absolute Gasteiger partial charge is 0.475 e. The highest BCUT2D eigenvalue weighted by molar-refractivity contribution is 5.86. The largest absolute Gasteiger partial charge is 0.490 e. The summed E-state index contributed by atoms with van der Waals surface area (Å²) in [6, 6.07) is 3.47. The Balaban J connectivity index is 0.000000451. The standard InChI is InChI=1S/C18H22N6O.C2HF3O2/c1-10-15(11(2)22-18-17(10)12(3)23-24(18)4)8-16(25)21-9-14-7-13(19)5-6-20-14;3-2(4,5)1(6)7/h5-7H,8-9H2,1-4H3,(H2,19,20)(H,21,25);(H,6,7). The maximum absolute atomic E-state index is 12.4. The molecule has 0 aliphatic carbocycles. The summed E-state index contributed by atoms with van der Waals surface area (Å²) in [7, 11) is 1.88. The second kappa shape index (κ2) is 9.62. The number of amides is 1. The van der Waals surface area contributed by atoms with Crippen molar-refractivity contribution >= 4 is 28.6 Å². The van der Waals surface area contributed by atoms with Crippen molar-refractivity contribution in [3.05, 3.63) is 46.5 Å². The third kappa shape index (κ3) is 5.93. The maximum Gasteiger partial charge on any atom is 0.490 e. The van der Waals surface area contributed by atoms with Gasteiger partial charge in [0.05, 0.1) is 24.4 Å². The van der Waals surface area contributed by atoms with Crippen LogP contribution in [0.3, 0.4) is 0 Å². The first-order valence-corrected chi connectivity index (χ1v) is 9.37. The number of pyridine rings is 2. The van der Waals surface area contributed by atoms with Crippen LogP contribution in [0.5, 0.6) is 0 Å². The van der Waals surface area contributed by atoms with Gasteiger partial charge in [0.15, 0.2) is 5.65 Å². The minimum absolute atomic E-state index is 0.0712. The highest BCUT2D eigenvalue weighted by Gasteiger charge is 2.38. The van der Waals surface area contributed by atoms with Gasteiger partial charge in [0, 0.05) is 30.0 Å². The van der Waals surface area contributed by atoms with Crippen molar-refractivity contribution < 1.29 is 27.9 Å². The Kier molecular flexibility index (Phi) is 7.39. The average molecular weight is 452 g/mol. The number of nitrogens with two attached hydrogens (primary N) is 1. The van der Waals surface area contributed by atoms with Crippen molar-refractivity contribution in [2.75, 3.05) is 5.73 Å². The van der Waals surface area contributed by atoms with E-state index in [1.165, 1.54) is 0 Å². The number of carbonyl (C=O) groups is 2. The fourth-order valence-electron chi connectivity index (χ4n) is 3.13. The van der Waals surface area contributed by atoms with E-state index in [0.717, 1.165) is 39.2 Å². The van der Waals surface area contributed by atoms with Crippen molar-refractivity contribution in [2.24, 2.45) is 7.05 Å². The van der Waals surface area contributed by atoms with Crippen molar-refractivity contribution in [1.29, 1.82) is 0 Å². The third-order valence-corrected chi connectivity index (χ3v) is 4.62. The topological polar surface area (TPSA) is 136 Å². The summed E-state index contributed by atoms with van der Waals surface area (Å²) in [6.45, 7) is 6.26. The lowest BCUT2D eigenvalue weighted by molar-refractivity contribution is -0.192. The molecule has 1 amide bonds. The second-order valence-electron chi connectivity index (χ2n) is 7.05. The number of carboxylic acid groups (broad SMARTS) is 1. The van der Waals surface area contributed by atoms with Crippen LogP contribution in [0.2, 0.25) is 0 Å². The Bertz CT molecular complexity index is 1160. The Morgan fingerprint density at radius 1 is 1.22 bits per heavy atom. The average Bonchev–Trinajstić information content (AvgIpc) is 2.96. The van der Waals surface area contributed by atoms with Crippen LogP contribution in [-0.4, -0.2) is 42.9 Å². The van der Waals surface area contributed by atoms with Gasteiger partial charge in [-0.2, -0.15) is 18.3 Å². The Hall–Kier alpha value is -3.70. The molecule has 0 aliphatic heterocycles. The van der Waals surface area contributed by atoms with Gasteiger partial charge in [0.2, 0.25) is 5.91 Å². The number of nitrogens with one attached hydrogen (secondary N) is 1. The van der Waals surface area contributed by atoms with Gasteiger partial charge >= 0.3 is 12.1 Å². The molecule has 12 heteroatoms. The predicted molar refractivity (Wildman–Crippen MR) is 111 cm³/mol. The van der Waals surface area contributed by atoms with Crippen LogP contribution in [0.15, 0.2) is 18.3 Å². The van der Waals surface area contributed by atoms with Crippen molar-refractivity contribution in [1.82, 2.24) is 25.1 Å². The summed E-state index contributed by atoms with van der Waals surface area (Å²) in [6.07, 6.45) is -3.18. The van der Waals surface area contributed by atoms with Crippen molar-refractivity contribution in [3.63, 3.8) is 0 Å². The van der Waals surface area contributed by atoms with Gasteiger partial charge in [-0.25, -0.2) is 9.78 Å². The molecule has 0 fully saturated rings. The number of anilines is 1. The summed E-state index contributed by atoms with van der Waals surface area (Å²) in [5.41, 5.74) is 11.7. The molecule has 0 atom stereocenters. The number of carbonyl (C=O) groups excluding carboxylic acids is 1. The van der Waals surface area contributed by atoms with E-state index in [4.69, 9.17) is 15.6 Å². The highest BCUT2D eigenvalue weighted by Crippen LogP contribution is 2.25. The monoisotopic (exact) mass is 452 g/mol. The summed E-state index contributed by atoms with van der Waals surface area (Å²) in [5.74, 6) is -2.83. The molecule has 3 aromatic rings. The summed E-state index contributed by atoms with van der Waals surface area (Å²) >= 11 is 0. The van der Waals surface area contributed by atoms with E-state index in [1.54, 1.807) is 23.0 Å². The quantitative estimate of drug-likeness (QED) is 0.553. The van der Waals surface area contributed by atoms with Gasteiger partial charge in [-0.15, -0.1) is 0 Å². The molecule has 0 radical (unpaired) electrons. The molecule has 172 valence electrons. The van der Waals surface area contributed by atoms with Crippen LogP contribution in [0.4, 0.5) is 18.9 Å². The molecule has 0 spiro atoms. The first-order chi connectivity index (χ1) is 14.8. The van der Waals surface area contributed by atoms with E-state index in [1.807, 2.05) is 27.8 Å². The molecular weight excluding hydrogens is 429 g/mol. The first-order valence-electron chi connectivity index (χ1n) is 9.37. The Morgan fingerprint density at radius 3 is 2.41 bits per heavy atom. The number of rotatable bonds is 4. The number of hydrogen-bond donors (Lipinski definition) is 3. The molecule has 3 rings (SSSR count). The molecule has 0 aliphatic rings. The van der Waals surface area contributed by atoms with E-state index in [-0.39, 0.29) is 12.3 Å². The normalized spacial score (nSPS) is 11.1. The first kappa shape index (κ1) is 24.6. The predicted octanol–water partition coefficient (Wildman–Crippen LogP) is 2.36. The van der Waals surface area contributed by atoms with Gasteiger partial charge in [-0.3, -0.25) is 14.5 Å². The minimum atomic E-state index is -5.08. The zero-order valence-corrected chi connectivity index (χ0v) is 17.9. The summed E-state index contributed by atoms with van der Waals surface area (Å²) < 4.78 is 33.5. The van der Waals surface area contributed by atoms with Crippen LogP contribution in [0.25, 0.3) is 11.0 Å². The number of carboxylic acids is 1. The van der Waals surface area contributed by atoms with Crippen molar-refractivity contribution in [2.45, 2.75) is 39.9 Å². The number of alkyl halides is 3. The number of aliphatic carboxylic acids is 1. The molecular formula is C20H23F3N6O3. The maximum atomic E-state index is 12.4. The van der Waals surface area contributed by atoms with Crippen molar-refractivity contribution in [3.8, 4) is 0 Å². The number of hydrogen-bond acceptors (Lipinski definition) is 6. The number of fused-ring (bicyclic) bond motifs is 1. The number of halogens is 3. The SMILES string of the molecule is Cc1nc2c(c(C)nn2C)c(C)c1CC(=O)NCc1cc(N)ccn1.O=C(O)C(F)(F)F. The molecule has 3 aromatic heterocycles. The lowest BCUT2D eigenvalue weighted by Crippen LogP contribution is -2.26. The third-order valence-electron chi connectivity index (χ3n) is 4.62. The molecule has 4 N–H and O–H groups in total. The molecule has 0 saturated carbocycles. The van der Waals surface area contributed by atoms with Gasteiger partial charge in [-0.1, -0.05) is 0 Å². The number of nitrogen functional groups attached to an aromatic ring is 1. The molecule has 0 unspecified atom stereocenters.